The van der Waals surface area contributed by atoms with Gasteiger partial charge < -0.3 is 4.90 Å². The van der Waals surface area contributed by atoms with E-state index in [1.807, 2.05) is 25.1 Å². The standard InChI is InChI=1S/C16H18N4O2/c1-12-5-3-6-13-15(12)18-11-20(16(13)22)10-7-14(21)19(2)9-4-8-17/h3,5-6,11H,4,7,9-10H2,1-2H3. The first-order valence-corrected chi connectivity index (χ1v) is 7.10. The molecule has 0 aliphatic rings. The van der Waals surface area contributed by atoms with Crippen LogP contribution in [0, 0.1) is 18.3 Å². The van der Waals surface area contributed by atoms with Crippen LogP contribution in [0.25, 0.3) is 10.9 Å². The number of nitriles is 1. The molecule has 0 bridgehead atoms. The number of hydrogen-bond donors (Lipinski definition) is 0. The monoisotopic (exact) mass is 298 g/mol. The number of carbonyl (C=O) groups excluding carboxylic acids is 1. The van der Waals surface area contributed by atoms with Crippen molar-refractivity contribution in [2.24, 2.45) is 0 Å². The summed E-state index contributed by atoms with van der Waals surface area (Å²) in [5.41, 5.74) is 1.51. The van der Waals surface area contributed by atoms with Crippen LogP contribution in [0.2, 0.25) is 0 Å². The Morgan fingerprint density at radius 2 is 2.23 bits per heavy atom. The fraction of sp³-hybridized carbons (Fsp3) is 0.375. The first-order chi connectivity index (χ1) is 10.5. The molecule has 22 heavy (non-hydrogen) atoms. The van der Waals surface area contributed by atoms with Crippen molar-refractivity contribution in [3.05, 3.63) is 40.4 Å². The SMILES string of the molecule is Cc1cccc2c(=O)n(CCC(=O)N(C)CCC#N)cnc12. The Hall–Kier alpha value is -2.68. The van der Waals surface area contributed by atoms with E-state index < -0.39 is 0 Å². The number of fused-ring (bicyclic) bond motifs is 1. The molecule has 0 saturated heterocycles. The first kappa shape index (κ1) is 15.7. The van der Waals surface area contributed by atoms with E-state index >= 15 is 0 Å². The second-order valence-electron chi connectivity index (χ2n) is 5.19. The molecule has 1 aromatic carbocycles. The molecule has 1 amide bonds. The smallest absolute Gasteiger partial charge is 0.261 e. The summed E-state index contributed by atoms with van der Waals surface area (Å²) in [5.74, 6) is -0.0912. The van der Waals surface area contributed by atoms with Crippen molar-refractivity contribution in [2.75, 3.05) is 13.6 Å². The normalized spacial score (nSPS) is 10.4. The zero-order valence-corrected chi connectivity index (χ0v) is 12.7. The average molecular weight is 298 g/mol. The van der Waals surface area contributed by atoms with Gasteiger partial charge in [-0.05, 0) is 18.6 Å². The second-order valence-corrected chi connectivity index (χ2v) is 5.19. The maximum absolute atomic E-state index is 12.4. The predicted octanol–water partition coefficient (Wildman–Crippen LogP) is 1.47. The van der Waals surface area contributed by atoms with Gasteiger partial charge in [0.05, 0.1) is 29.7 Å². The van der Waals surface area contributed by atoms with Gasteiger partial charge in [-0.15, -0.1) is 0 Å². The molecular weight excluding hydrogens is 280 g/mol. The van der Waals surface area contributed by atoms with Crippen LogP contribution in [0.1, 0.15) is 18.4 Å². The molecule has 2 aromatic rings. The third-order valence-corrected chi connectivity index (χ3v) is 3.61. The highest BCUT2D eigenvalue weighted by Crippen LogP contribution is 2.11. The number of hydrogen-bond acceptors (Lipinski definition) is 4. The van der Waals surface area contributed by atoms with E-state index in [1.165, 1.54) is 15.8 Å². The van der Waals surface area contributed by atoms with E-state index in [4.69, 9.17) is 5.26 Å². The molecule has 0 radical (unpaired) electrons. The van der Waals surface area contributed by atoms with Gasteiger partial charge >= 0.3 is 0 Å². The van der Waals surface area contributed by atoms with E-state index in [1.54, 1.807) is 13.1 Å². The summed E-state index contributed by atoms with van der Waals surface area (Å²) in [5, 5.41) is 9.09. The largest absolute Gasteiger partial charge is 0.345 e. The maximum atomic E-state index is 12.4. The third kappa shape index (κ3) is 3.31. The van der Waals surface area contributed by atoms with Gasteiger partial charge in [-0.2, -0.15) is 5.26 Å². The van der Waals surface area contributed by atoms with Gasteiger partial charge in [0.25, 0.3) is 5.56 Å². The van der Waals surface area contributed by atoms with Crippen molar-refractivity contribution in [3.63, 3.8) is 0 Å². The highest BCUT2D eigenvalue weighted by Gasteiger charge is 2.10. The van der Waals surface area contributed by atoms with Gasteiger partial charge in [-0.1, -0.05) is 12.1 Å². The summed E-state index contributed by atoms with van der Waals surface area (Å²) in [6.07, 6.45) is 2.00. The quantitative estimate of drug-likeness (QED) is 0.837. The molecule has 1 heterocycles. The Labute approximate surface area is 128 Å². The number of rotatable bonds is 5. The van der Waals surface area contributed by atoms with Crippen molar-refractivity contribution in [3.8, 4) is 6.07 Å². The molecule has 0 spiro atoms. The van der Waals surface area contributed by atoms with Crippen molar-refractivity contribution in [1.82, 2.24) is 14.5 Å². The molecule has 6 nitrogen and oxygen atoms in total. The van der Waals surface area contributed by atoms with Crippen molar-refractivity contribution in [2.45, 2.75) is 26.3 Å². The van der Waals surface area contributed by atoms with E-state index in [2.05, 4.69) is 4.98 Å². The number of nitrogens with zero attached hydrogens (tertiary/aromatic N) is 4. The molecule has 0 saturated carbocycles. The van der Waals surface area contributed by atoms with Crippen molar-refractivity contribution in [1.29, 1.82) is 5.26 Å². The molecule has 0 atom stereocenters. The molecule has 6 heteroatoms. The van der Waals surface area contributed by atoms with Gasteiger partial charge in [-0.3, -0.25) is 14.2 Å². The highest BCUT2D eigenvalue weighted by molar-refractivity contribution is 5.80. The molecule has 0 unspecified atom stereocenters. The molecular formula is C16H18N4O2. The minimum atomic E-state index is -0.138. The molecule has 2 rings (SSSR count). The summed E-state index contributed by atoms with van der Waals surface area (Å²) in [6.45, 7) is 2.59. The van der Waals surface area contributed by atoms with Crippen LogP contribution in [0.4, 0.5) is 0 Å². The van der Waals surface area contributed by atoms with E-state index in [0.717, 1.165) is 5.56 Å². The van der Waals surface area contributed by atoms with E-state index in [0.29, 0.717) is 23.9 Å². The summed E-state index contributed by atoms with van der Waals surface area (Å²) < 4.78 is 1.46. The van der Waals surface area contributed by atoms with Crippen LogP contribution in [0.3, 0.4) is 0 Å². The van der Waals surface area contributed by atoms with E-state index in [-0.39, 0.29) is 24.4 Å². The molecule has 0 aliphatic carbocycles. The number of carbonyl (C=O) groups is 1. The molecule has 0 fully saturated rings. The van der Waals surface area contributed by atoms with E-state index in [9.17, 15) is 9.59 Å². The Morgan fingerprint density at radius 3 is 2.95 bits per heavy atom. The Bertz CT molecular complexity index is 789. The number of para-hydroxylation sites is 1. The van der Waals surface area contributed by atoms with Gasteiger partial charge in [0.2, 0.25) is 5.91 Å². The van der Waals surface area contributed by atoms with Gasteiger partial charge in [0.1, 0.15) is 0 Å². The highest BCUT2D eigenvalue weighted by atomic mass is 16.2. The molecule has 114 valence electrons. The lowest BCUT2D eigenvalue weighted by atomic mass is 10.1. The van der Waals surface area contributed by atoms with Crippen LogP contribution in [-0.2, 0) is 11.3 Å². The lowest BCUT2D eigenvalue weighted by Gasteiger charge is -2.15. The zero-order valence-electron chi connectivity index (χ0n) is 12.7. The van der Waals surface area contributed by atoms with Crippen LogP contribution >= 0.6 is 0 Å². The molecule has 0 aliphatic heterocycles. The molecule has 0 N–H and O–H groups in total. The number of benzene rings is 1. The average Bonchev–Trinajstić information content (AvgIpc) is 2.52. The maximum Gasteiger partial charge on any atom is 0.261 e. The fourth-order valence-electron chi connectivity index (χ4n) is 2.25. The number of aryl methyl sites for hydroxylation is 2. The predicted molar refractivity (Wildman–Crippen MR) is 83.2 cm³/mol. The number of amides is 1. The first-order valence-electron chi connectivity index (χ1n) is 7.10. The lowest BCUT2D eigenvalue weighted by molar-refractivity contribution is -0.130. The van der Waals surface area contributed by atoms with Gasteiger partial charge in [-0.25, -0.2) is 4.98 Å². The van der Waals surface area contributed by atoms with Crippen molar-refractivity contribution < 1.29 is 4.79 Å². The van der Waals surface area contributed by atoms with Crippen LogP contribution in [-0.4, -0.2) is 34.0 Å². The second kappa shape index (κ2) is 6.85. The zero-order chi connectivity index (χ0) is 16.1. The summed E-state index contributed by atoms with van der Waals surface area (Å²) >= 11 is 0. The Kier molecular flexibility index (Phi) is 4.89. The van der Waals surface area contributed by atoms with Crippen LogP contribution in [0.5, 0.6) is 0 Å². The van der Waals surface area contributed by atoms with Crippen molar-refractivity contribution >= 4 is 16.8 Å². The minimum Gasteiger partial charge on any atom is -0.345 e. The van der Waals surface area contributed by atoms with Crippen LogP contribution < -0.4 is 5.56 Å². The van der Waals surface area contributed by atoms with Gasteiger partial charge in [0.15, 0.2) is 0 Å². The molecule has 1 aromatic heterocycles. The number of aromatic nitrogens is 2. The lowest BCUT2D eigenvalue weighted by Crippen LogP contribution is -2.30. The summed E-state index contributed by atoms with van der Waals surface area (Å²) in [6, 6.07) is 7.48. The fourth-order valence-corrected chi connectivity index (χ4v) is 2.25. The Balaban J connectivity index is 2.13. The summed E-state index contributed by atoms with van der Waals surface area (Å²) in [7, 11) is 1.66. The van der Waals surface area contributed by atoms with Crippen LogP contribution in [0.15, 0.2) is 29.3 Å². The minimum absolute atomic E-state index is 0.0912. The van der Waals surface area contributed by atoms with Gasteiger partial charge in [0, 0.05) is 26.6 Å². The summed E-state index contributed by atoms with van der Waals surface area (Å²) in [4.78, 5) is 30.1. The Morgan fingerprint density at radius 1 is 1.45 bits per heavy atom. The third-order valence-electron chi connectivity index (χ3n) is 3.61. The topological polar surface area (TPSA) is 79.0 Å².